The number of hydrogen-bond acceptors (Lipinski definition) is 6. The van der Waals surface area contributed by atoms with E-state index in [1.54, 1.807) is 23.0 Å². The van der Waals surface area contributed by atoms with Gasteiger partial charge in [0.05, 0.1) is 30.1 Å². The molecule has 4 aromatic heterocycles. The second-order valence-corrected chi connectivity index (χ2v) is 7.05. The van der Waals surface area contributed by atoms with Gasteiger partial charge in [-0.25, -0.2) is 19.3 Å². The molecule has 29 heavy (non-hydrogen) atoms. The van der Waals surface area contributed by atoms with E-state index >= 15 is 0 Å². The zero-order chi connectivity index (χ0) is 19.8. The minimum Gasteiger partial charge on any atom is -0.368 e. The fraction of sp³-hybridized carbons (Fsp3) is 0.200. The molecule has 0 spiro atoms. The summed E-state index contributed by atoms with van der Waals surface area (Å²) in [6.45, 7) is 1.92. The Hall–Kier alpha value is -3.10. The van der Waals surface area contributed by atoms with Crippen LogP contribution in [0.15, 0.2) is 55.1 Å². The van der Waals surface area contributed by atoms with Gasteiger partial charge in [-0.1, -0.05) is 17.7 Å². The van der Waals surface area contributed by atoms with E-state index in [1.807, 2.05) is 24.3 Å². The number of pyridine rings is 2. The number of anilines is 1. The van der Waals surface area contributed by atoms with Crippen LogP contribution in [-0.4, -0.2) is 44.0 Å². The summed E-state index contributed by atoms with van der Waals surface area (Å²) in [7, 11) is 0. The first-order valence-corrected chi connectivity index (χ1v) is 9.50. The van der Waals surface area contributed by atoms with Crippen LogP contribution in [0.2, 0.25) is 5.02 Å². The van der Waals surface area contributed by atoms with Crippen LogP contribution in [0, 0.1) is 5.82 Å². The fourth-order valence-electron chi connectivity index (χ4n) is 3.39. The van der Waals surface area contributed by atoms with Crippen molar-refractivity contribution < 1.29 is 9.13 Å². The lowest BCUT2D eigenvalue weighted by Gasteiger charge is -2.33. The largest absolute Gasteiger partial charge is 0.368 e. The highest BCUT2D eigenvalue weighted by atomic mass is 35.5. The van der Waals surface area contributed by atoms with E-state index in [4.69, 9.17) is 21.3 Å². The van der Waals surface area contributed by atoms with Crippen LogP contribution < -0.4 is 4.90 Å². The molecule has 1 atom stereocenters. The van der Waals surface area contributed by atoms with Crippen molar-refractivity contribution in [2.75, 3.05) is 24.6 Å². The van der Waals surface area contributed by atoms with Crippen molar-refractivity contribution in [3.63, 3.8) is 0 Å². The molecule has 1 aliphatic rings. The van der Waals surface area contributed by atoms with E-state index in [2.05, 4.69) is 19.9 Å². The molecule has 0 radical (unpaired) electrons. The molecule has 146 valence electrons. The van der Waals surface area contributed by atoms with Crippen LogP contribution in [0.25, 0.3) is 17.2 Å². The van der Waals surface area contributed by atoms with Gasteiger partial charge in [0, 0.05) is 31.2 Å². The number of nitrogens with zero attached hydrogens (tertiary/aromatic N) is 6. The Balaban J connectivity index is 1.47. The van der Waals surface area contributed by atoms with Crippen molar-refractivity contribution >= 4 is 23.1 Å². The number of fused-ring (bicyclic) bond motifs is 1. The zero-order valence-corrected chi connectivity index (χ0v) is 16.0. The molecular formula is C20H16ClFN6O. The lowest BCUT2D eigenvalue weighted by molar-refractivity contribution is 0.0368. The predicted molar refractivity (Wildman–Crippen MR) is 106 cm³/mol. The van der Waals surface area contributed by atoms with E-state index in [9.17, 15) is 4.39 Å². The zero-order valence-electron chi connectivity index (χ0n) is 15.2. The van der Waals surface area contributed by atoms with Gasteiger partial charge in [-0.2, -0.15) is 0 Å². The van der Waals surface area contributed by atoms with Crippen molar-refractivity contribution in [3.05, 3.63) is 71.7 Å². The van der Waals surface area contributed by atoms with Crippen LogP contribution in [0.3, 0.4) is 0 Å². The molecule has 5 rings (SSSR count). The molecule has 0 saturated carbocycles. The average Bonchev–Trinajstić information content (AvgIpc) is 3.17. The number of imidazole rings is 1. The predicted octanol–water partition coefficient (Wildman–Crippen LogP) is 3.56. The Morgan fingerprint density at radius 2 is 2.07 bits per heavy atom. The first kappa shape index (κ1) is 18.0. The Bertz CT molecular complexity index is 1170. The first-order valence-electron chi connectivity index (χ1n) is 9.12. The third-order valence-electron chi connectivity index (χ3n) is 4.83. The SMILES string of the molecule is Fc1cc2ncc(-c3nccc(N4CCOC(c5ccccn5)C4)n3)n2cc1Cl. The number of ether oxygens (including phenoxy) is 1. The number of aromatic nitrogens is 5. The summed E-state index contributed by atoms with van der Waals surface area (Å²) in [5.41, 5.74) is 1.97. The molecule has 1 fully saturated rings. The minimum atomic E-state index is -0.514. The van der Waals surface area contributed by atoms with Crippen LogP contribution in [0.1, 0.15) is 11.8 Å². The standard InChI is InChI=1S/C20H16ClFN6O/c21-13-11-28-16(10-25-19(28)9-14(13)22)20-24-6-4-18(26-20)27-7-8-29-17(12-27)15-3-1-2-5-23-15/h1-6,9-11,17H,7-8,12H2. The van der Waals surface area contributed by atoms with E-state index in [0.717, 1.165) is 11.5 Å². The van der Waals surface area contributed by atoms with Gasteiger partial charge in [0.15, 0.2) is 5.82 Å². The maximum absolute atomic E-state index is 13.7. The van der Waals surface area contributed by atoms with Crippen LogP contribution in [0.4, 0.5) is 10.2 Å². The summed E-state index contributed by atoms with van der Waals surface area (Å²) in [6, 6.07) is 8.94. The van der Waals surface area contributed by atoms with Crippen LogP contribution >= 0.6 is 11.6 Å². The second kappa shape index (κ2) is 7.38. The lowest BCUT2D eigenvalue weighted by Crippen LogP contribution is -2.39. The van der Waals surface area contributed by atoms with E-state index in [-0.39, 0.29) is 11.1 Å². The summed E-state index contributed by atoms with van der Waals surface area (Å²) in [5.74, 6) is 0.751. The lowest BCUT2D eigenvalue weighted by atomic mass is 10.2. The summed E-state index contributed by atoms with van der Waals surface area (Å²) in [4.78, 5) is 19.9. The number of hydrogen-bond donors (Lipinski definition) is 0. The molecule has 7 nitrogen and oxygen atoms in total. The molecule has 4 aromatic rings. The van der Waals surface area contributed by atoms with Crippen molar-refractivity contribution in [1.82, 2.24) is 24.3 Å². The third-order valence-corrected chi connectivity index (χ3v) is 5.11. The Labute approximate surface area is 170 Å². The highest BCUT2D eigenvalue weighted by Crippen LogP contribution is 2.26. The van der Waals surface area contributed by atoms with Gasteiger partial charge in [-0.05, 0) is 18.2 Å². The number of halogens is 2. The number of rotatable bonds is 3. The molecular weight excluding hydrogens is 395 g/mol. The molecule has 0 aromatic carbocycles. The quantitative estimate of drug-likeness (QED) is 0.514. The van der Waals surface area contributed by atoms with Gasteiger partial charge in [-0.3, -0.25) is 9.38 Å². The molecule has 0 bridgehead atoms. The summed E-state index contributed by atoms with van der Waals surface area (Å²) in [6.07, 6.45) is 6.43. The molecule has 9 heteroatoms. The van der Waals surface area contributed by atoms with Gasteiger partial charge in [0.1, 0.15) is 29.1 Å². The molecule has 1 unspecified atom stereocenters. The molecule has 0 amide bonds. The Kier molecular flexibility index (Phi) is 4.57. The highest BCUT2D eigenvalue weighted by molar-refractivity contribution is 6.30. The molecule has 1 aliphatic heterocycles. The van der Waals surface area contributed by atoms with Gasteiger partial charge in [0.2, 0.25) is 0 Å². The van der Waals surface area contributed by atoms with Crippen molar-refractivity contribution in [3.8, 4) is 11.5 Å². The maximum atomic E-state index is 13.7. The second-order valence-electron chi connectivity index (χ2n) is 6.64. The van der Waals surface area contributed by atoms with Gasteiger partial charge in [-0.15, -0.1) is 0 Å². The van der Waals surface area contributed by atoms with E-state index in [0.29, 0.717) is 36.9 Å². The third kappa shape index (κ3) is 3.41. The molecule has 5 heterocycles. The number of morpholine rings is 1. The smallest absolute Gasteiger partial charge is 0.180 e. The average molecular weight is 411 g/mol. The topological polar surface area (TPSA) is 68.4 Å². The normalized spacial score (nSPS) is 17.0. The molecule has 0 N–H and O–H groups in total. The first-order chi connectivity index (χ1) is 14.2. The molecule has 0 aliphatic carbocycles. The van der Waals surface area contributed by atoms with Crippen molar-refractivity contribution in [2.24, 2.45) is 0 Å². The fourth-order valence-corrected chi connectivity index (χ4v) is 3.54. The summed E-state index contributed by atoms with van der Waals surface area (Å²) < 4.78 is 21.3. The monoisotopic (exact) mass is 410 g/mol. The van der Waals surface area contributed by atoms with Crippen LogP contribution in [0.5, 0.6) is 0 Å². The van der Waals surface area contributed by atoms with Gasteiger partial charge < -0.3 is 9.64 Å². The van der Waals surface area contributed by atoms with Crippen molar-refractivity contribution in [2.45, 2.75) is 6.10 Å². The van der Waals surface area contributed by atoms with Gasteiger partial charge in [0.25, 0.3) is 0 Å². The molecule has 1 saturated heterocycles. The van der Waals surface area contributed by atoms with Gasteiger partial charge >= 0.3 is 0 Å². The minimum absolute atomic E-state index is 0.0132. The Morgan fingerprint density at radius 3 is 2.93 bits per heavy atom. The summed E-state index contributed by atoms with van der Waals surface area (Å²) in [5, 5.41) is 0.0132. The van der Waals surface area contributed by atoms with Crippen LogP contribution in [-0.2, 0) is 4.74 Å². The van der Waals surface area contributed by atoms with Crippen molar-refractivity contribution in [1.29, 1.82) is 0 Å². The maximum Gasteiger partial charge on any atom is 0.180 e. The van der Waals surface area contributed by atoms with E-state index < -0.39 is 5.82 Å². The Morgan fingerprint density at radius 1 is 1.14 bits per heavy atom. The highest BCUT2D eigenvalue weighted by Gasteiger charge is 2.24. The summed E-state index contributed by atoms with van der Waals surface area (Å²) >= 11 is 5.94. The van der Waals surface area contributed by atoms with E-state index in [1.165, 1.54) is 12.3 Å².